The van der Waals surface area contributed by atoms with Crippen LogP contribution in [0.3, 0.4) is 0 Å². The molecule has 1 saturated carbocycles. The van der Waals surface area contributed by atoms with Crippen molar-refractivity contribution in [2.24, 2.45) is 5.92 Å². The first-order valence-corrected chi connectivity index (χ1v) is 10.4. The smallest absolute Gasteiger partial charge is 0.254 e. The maximum atomic E-state index is 12.6. The number of hydrogen-bond acceptors (Lipinski definition) is 5. The number of carbonyl (C=O) groups is 2. The number of hydrogen-bond donors (Lipinski definition) is 1. The molecular weight excluding hydrogens is 360 g/mol. The highest BCUT2D eigenvalue weighted by Crippen LogP contribution is 2.33. The molecule has 1 aromatic rings. The third-order valence-corrected chi connectivity index (χ3v) is 6.42. The fourth-order valence-electron chi connectivity index (χ4n) is 4.59. The van der Waals surface area contributed by atoms with Crippen molar-refractivity contribution in [3.05, 3.63) is 27.4 Å². The average molecular weight is 386 g/mol. The summed E-state index contributed by atoms with van der Waals surface area (Å²) in [5.74, 6) is 1.10. The minimum Gasteiger partial charge on any atom is -0.368 e. The second kappa shape index (κ2) is 6.99. The molecule has 1 N–H and O–H groups in total. The van der Waals surface area contributed by atoms with Crippen LogP contribution in [0.1, 0.15) is 55.1 Å². The summed E-state index contributed by atoms with van der Waals surface area (Å²) in [6.45, 7) is 2.90. The zero-order chi connectivity index (χ0) is 19.3. The van der Waals surface area contributed by atoms with Crippen LogP contribution in [0.5, 0.6) is 0 Å². The van der Waals surface area contributed by atoms with Gasteiger partial charge in [-0.2, -0.15) is 0 Å². The van der Waals surface area contributed by atoms with Crippen LogP contribution in [0.2, 0.25) is 0 Å². The van der Waals surface area contributed by atoms with Crippen LogP contribution >= 0.6 is 0 Å². The van der Waals surface area contributed by atoms with E-state index < -0.39 is 0 Å². The topological polar surface area (TPSA) is 95.6 Å². The molecule has 4 heterocycles. The lowest BCUT2D eigenvalue weighted by Gasteiger charge is -2.28. The molecule has 0 bridgehead atoms. The zero-order valence-electron chi connectivity index (χ0n) is 16.0. The Labute approximate surface area is 163 Å². The Balaban J connectivity index is 1.32. The van der Waals surface area contributed by atoms with E-state index in [9.17, 15) is 14.4 Å². The van der Waals surface area contributed by atoms with Gasteiger partial charge in [0.15, 0.2) is 0 Å². The molecule has 8 nitrogen and oxygen atoms in total. The van der Waals surface area contributed by atoms with E-state index in [0.717, 1.165) is 37.8 Å². The number of likely N-dealkylation sites (tertiary alicyclic amines) is 1. The van der Waals surface area contributed by atoms with Crippen molar-refractivity contribution in [1.29, 1.82) is 0 Å². The summed E-state index contributed by atoms with van der Waals surface area (Å²) in [5.41, 5.74) is 1.33. The van der Waals surface area contributed by atoms with Crippen LogP contribution in [0.4, 0.5) is 0 Å². The average Bonchev–Trinajstić information content (AvgIpc) is 3.20. The van der Waals surface area contributed by atoms with Crippen molar-refractivity contribution < 1.29 is 14.3 Å². The van der Waals surface area contributed by atoms with E-state index in [4.69, 9.17) is 9.72 Å². The maximum absolute atomic E-state index is 12.6. The van der Waals surface area contributed by atoms with E-state index in [0.29, 0.717) is 50.6 Å². The molecule has 3 aliphatic heterocycles. The highest BCUT2D eigenvalue weighted by atomic mass is 16.5. The van der Waals surface area contributed by atoms with Crippen molar-refractivity contribution in [3.63, 3.8) is 0 Å². The Morgan fingerprint density at radius 1 is 1.07 bits per heavy atom. The Morgan fingerprint density at radius 3 is 2.68 bits per heavy atom. The van der Waals surface area contributed by atoms with Gasteiger partial charge < -0.3 is 19.5 Å². The summed E-state index contributed by atoms with van der Waals surface area (Å²) < 4.78 is 5.52. The van der Waals surface area contributed by atoms with Gasteiger partial charge in [-0.25, -0.2) is 4.98 Å². The Kier molecular flexibility index (Phi) is 4.45. The SMILES string of the molecule is O=C(C1CC1)N1CCc2c(nc([C@H]3CCN(C(=O)[C@@H]4CCCO4)C3)[nH]c2=O)C1. The van der Waals surface area contributed by atoms with Crippen molar-refractivity contribution >= 4 is 11.8 Å². The van der Waals surface area contributed by atoms with Gasteiger partial charge >= 0.3 is 0 Å². The number of rotatable bonds is 3. The first kappa shape index (κ1) is 17.8. The number of carbonyl (C=O) groups excluding carboxylic acids is 2. The second-order valence-corrected chi connectivity index (χ2v) is 8.43. The normalized spacial score (nSPS) is 27.1. The number of amides is 2. The summed E-state index contributed by atoms with van der Waals surface area (Å²) in [5, 5.41) is 0. The van der Waals surface area contributed by atoms with Crippen LogP contribution < -0.4 is 5.56 Å². The highest BCUT2D eigenvalue weighted by molar-refractivity contribution is 5.82. The van der Waals surface area contributed by atoms with Gasteiger partial charge in [0.05, 0.1) is 12.2 Å². The molecule has 150 valence electrons. The Bertz CT molecular complexity index is 856. The van der Waals surface area contributed by atoms with E-state index in [1.807, 2.05) is 9.80 Å². The number of ether oxygens (including phenoxy) is 1. The second-order valence-electron chi connectivity index (χ2n) is 8.43. The standard InChI is InChI=1S/C20H26N4O4/c25-18-14-6-8-24(19(26)12-3-4-12)11-15(14)21-17(22-18)13-5-7-23(10-13)20(27)16-2-1-9-28-16/h12-13,16H,1-11H2,(H,21,22,25)/t13-,16-/m0/s1. The minimum atomic E-state index is -0.309. The van der Waals surface area contributed by atoms with Crippen LogP contribution in [-0.4, -0.2) is 63.9 Å². The van der Waals surface area contributed by atoms with Gasteiger partial charge in [-0.15, -0.1) is 0 Å². The molecule has 28 heavy (non-hydrogen) atoms. The predicted octanol–water partition coefficient (Wildman–Crippen LogP) is 0.559. The van der Waals surface area contributed by atoms with Crippen LogP contribution in [0, 0.1) is 5.92 Å². The first-order valence-electron chi connectivity index (χ1n) is 10.4. The molecule has 4 aliphatic rings. The van der Waals surface area contributed by atoms with Crippen LogP contribution in [0.25, 0.3) is 0 Å². The molecule has 2 saturated heterocycles. The number of H-pyrrole nitrogens is 1. The number of nitrogens with zero attached hydrogens (tertiary/aromatic N) is 3. The van der Waals surface area contributed by atoms with Crippen LogP contribution in [-0.2, 0) is 27.3 Å². The molecular formula is C20H26N4O4. The molecule has 2 atom stereocenters. The summed E-state index contributed by atoms with van der Waals surface area (Å²) in [6, 6.07) is 0. The molecule has 0 radical (unpaired) electrons. The van der Waals surface area contributed by atoms with Gasteiger partial charge in [-0.3, -0.25) is 14.4 Å². The molecule has 1 aliphatic carbocycles. The number of fused-ring (bicyclic) bond motifs is 1. The third kappa shape index (κ3) is 3.23. The fraction of sp³-hybridized carbons (Fsp3) is 0.700. The number of aromatic nitrogens is 2. The number of nitrogens with one attached hydrogen (secondary N) is 1. The highest BCUT2D eigenvalue weighted by Gasteiger charge is 2.37. The summed E-state index contributed by atoms with van der Waals surface area (Å²) >= 11 is 0. The lowest BCUT2D eigenvalue weighted by atomic mass is 10.0. The molecule has 2 amide bonds. The molecule has 5 rings (SSSR count). The summed E-state index contributed by atoms with van der Waals surface area (Å²) in [6.07, 6.45) is 4.72. The molecule has 0 aromatic carbocycles. The maximum Gasteiger partial charge on any atom is 0.254 e. The van der Waals surface area contributed by atoms with Gasteiger partial charge in [0.2, 0.25) is 5.91 Å². The molecule has 0 spiro atoms. The van der Waals surface area contributed by atoms with E-state index in [1.54, 1.807) is 0 Å². The third-order valence-electron chi connectivity index (χ3n) is 6.42. The van der Waals surface area contributed by atoms with Gasteiger partial charge in [-0.1, -0.05) is 0 Å². The van der Waals surface area contributed by atoms with Crippen molar-refractivity contribution in [2.45, 2.75) is 57.1 Å². The van der Waals surface area contributed by atoms with Crippen molar-refractivity contribution in [2.75, 3.05) is 26.2 Å². The van der Waals surface area contributed by atoms with Crippen molar-refractivity contribution in [3.8, 4) is 0 Å². The Hall–Kier alpha value is -2.22. The van der Waals surface area contributed by atoms with E-state index in [-0.39, 0.29) is 35.3 Å². The molecule has 0 unspecified atom stereocenters. The quantitative estimate of drug-likeness (QED) is 0.819. The van der Waals surface area contributed by atoms with E-state index >= 15 is 0 Å². The molecule has 3 fully saturated rings. The van der Waals surface area contributed by atoms with Gasteiger partial charge in [0.25, 0.3) is 11.5 Å². The monoisotopic (exact) mass is 386 g/mol. The summed E-state index contributed by atoms with van der Waals surface area (Å²) in [4.78, 5) is 48.9. The van der Waals surface area contributed by atoms with Gasteiger partial charge in [-0.05, 0) is 38.5 Å². The first-order chi connectivity index (χ1) is 13.6. The van der Waals surface area contributed by atoms with E-state index in [1.165, 1.54) is 0 Å². The zero-order valence-corrected chi connectivity index (χ0v) is 16.0. The fourth-order valence-corrected chi connectivity index (χ4v) is 4.59. The van der Waals surface area contributed by atoms with Gasteiger partial charge in [0, 0.05) is 43.6 Å². The lowest BCUT2D eigenvalue weighted by Crippen LogP contribution is -2.40. The molecule has 8 heteroatoms. The lowest BCUT2D eigenvalue weighted by molar-refractivity contribution is -0.139. The largest absolute Gasteiger partial charge is 0.368 e. The summed E-state index contributed by atoms with van der Waals surface area (Å²) in [7, 11) is 0. The minimum absolute atomic E-state index is 0.0258. The molecule has 1 aromatic heterocycles. The van der Waals surface area contributed by atoms with E-state index in [2.05, 4.69) is 4.98 Å². The Morgan fingerprint density at radius 2 is 1.93 bits per heavy atom. The van der Waals surface area contributed by atoms with Gasteiger partial charge in [0.1, 0.15) is 11.9 Å². The van der Waals surface area contributed by atoms with Crippen LogP contribution in [0.15, 0.2) is 4.79 Å². The van der Waals surface area contributed by atoms with Crippen molar-refractivity contribution in [1.82, 2.24) is 19.8 Å². The predicted molar refractivity (Wildman–Crippen MR) is 99.6 cm³/mol. The number of aromatic amines is 1.